The lowest BCUT2D eigenvalue weighted by molar-refractivity contribution is 0.0443. The normalized spacial score (nSPS) is 16.0. The smallest absolute Gasteiger partial charge is 0.373 e. The van der Waals surface area contributed by atoms with Crippen LogP contribution in [0.1, 0.15) is 48.0 Å². The molecule has 0 atom stereocenters. The van der Waals surface area contributed by atoms with Gasteiger partial charge in [0.1, 0.15) is 0 Å². The zero-order valence-electron chi connectivity index (χ0n) is 19.0. The Morgan fingerprint density at radius 1 is 0.621 bits per heavy atom. The van der Waals surface area contributed by atoms with Crippen molar-refractivity contribution in [1.29, 1.82) is 0 Å². The maximum absolute atomic E-state index is 13.3. The first-order valence-electron chi connectivity index (χ1n) is 10.8. The Hall–Kier alpha value is -0.536. The molecule has 0 aromatic rings. The highest BCUT2D eigenvalue weighted by molar-refractivity contribution is 6.61. The van der Waals surface area contributed by atoms with Crippen LogP contribution in [0.2, 0.25) is 0 Å². The number of amides is 2. The van der Waals surface area contributed by atoms with Crippen LogP contribution in [0.3, 0.4) is 0 Å². The molecular formula is C18H40N2O7Si2. The van der Waals surface area contributed by atoms with E-state index in [0.717, 1.165) is 6.42 Å². The summed E-state index contributed by atoms with van der Waals surface area (Å²) in [6, 6.07) is -0.0804. The van der Waals surface area contributed by atoms with E-state index in [9.17, 15) is 4.79 Å². The van der Waals surface area contributed by atoms with Crippen LogP contribution in [0.25, 0.3) is 0 Å². The van der Waals surface area contributed by atoms with E-state index >= 15 is 0 Å². The van der Waals surface area contributed by atoms with E-state index in [4.69, 9.17) is 26.6 Å². The van der Waals surface area contributed by atoms with Gasteiger partial charge in [-0.05, 0) is 48.0 Å². The van der Waals surface area contributed by atoms with Crippen molar-refractivity contribution < 1.29 is 31.4 Å². The molecule has 1 fully saturated rings. The van der Waals surface area contributed by atoms with Gasteiger partial charge in [0.2, 0.25) is 0 Å². The monoisotopic (exact) mass is 452 g/mol. The fourth-order valence-electron chi connectivity index (χ4n) is 3.45. The lowest BCUT2D eigenvalue weighted by atomic mass is 10.3. The molecule has 11 heteroatoms. The van der Waals surface area contributed by atoms with E-state index < -0.39 is 17.6 Å². The second-order valence-electron chi connectivity index (χ2n) is 6.44. The van der Waals surface area contributed by atoms with Crippen LogP contribution in [0.15, 0.2) is 0 Å². The summed E-state index contributed by atoms with van der Waals surface area (Å²) in [6.45, 7) is 15.6. The molecule has 2 amide bonds. The summed E-state index contributed by atoms with van der Waals surface area (Å²) in [5.41, 5.74) is 0. The largest absolute Gasteiger partial charge is 0.521 e. The molecule has 1 rings (SSSR count). The van der Waals surface area contributed by atoms with E-state index in [2.05, 4.69) is 0 Å². The molecule has 0 saturated carbocycles. The maximum Gasteiger partial charge on any atom is 0.521 e. The van der Waals surface area contributed by atoms with Crippen LogP contribution >= 0.6 is 0 Å². The molecule has 0 unspecified atom stereocenters. The molecule has 1 aliphatic heterocycles. The van der Waals surface area contributed by atoms with Crippen LogP contribution in [0.5, 0.6) is 0 Å². The number of nitrogens with zero attached hydrogens (tertiary/aromatic N) is 2. The van der Waals surface area contributed by atoms with Gasteiger partial charge in [-0.1, -0.05) is 0 Å². The summed E-state index contributed by atoms with van der Waals surface area (Å²) < 4.78 is 35.6. The molecule has 9 nitrogen and oxygen atoms in total. The average Bonchev–Trinajstić information content (AvgIpc) is 2.66. The van der Waals surface area contributed by atoms with Gasteiger partial charge >= 0.3 is 23.6 Å². The highest BCUT2D eigenvalue weighted by atomic mass is 28.4. The van der Waals surface area contributed by atoms with Gasteiger partial charge in [-0.15, -0.1) is 0 Å². The lowest BCUT2D eigenvalue weighted by Crippen LogP contribution is -2.64. The third-order valence-electron chi connectivity index (χ3n) is 4.35. The molecule has 0 aromatic carbocycles. The number of carbonyl (C=O) groups excluding carboxylic acids is 1. The van der Waals surface area contributed by atoms with E-state index in [-0.39, 0.29) is 6.03 Å². The minimum atomic E-state index is -2.96. The van der Waals surface area contributed by atoms with Gasteiger partial charge in [-0.2, -0.15) is 0 Å². The maximum atomic E-state index is 13.3. The molecule has 1 heterocycles. The van der Waals surface area contributed by atoms with E-state index in [1.165, 1.54) is 0 Å². The topological polar surface area (TPSA) is 78.9 Å². The van der Waals surface area contributed by atoms with Crippen molar-refractivity contribution in [2.24, 2.45) is 0 Å². The van der Waals surface area contributed by atoms with Gasteiger partial charge in [0, 0.05) is 52.7 Å². The summed E-state index contributed by atoms with van der Waals surface area (Å²) in [4.78, 5) is 16.8. The fourth-order valence-corrected chi connectivity index (χ4v) is 8.66. The first kappa shape index (κ1) is 26.5. The van der Waals surface area contributed by atoms with Crippen molar-refractivity contribution in [2.75, 3.05) is 65.1 Å². The second-order valence-corrected chi connectivity index (χ2v) is 11.5. The molecule has 1 saturated heterocycles. The zero-order valence-corrected chi connectivity index (χ0v) is 21.0. The number of hydrogen-bond donors (Lipinski definition) is 0. The summed E-state index contributed by atoms with van der Waals surface area (Å²) >= 11 is 0. The Morgan fingerprint density at radius 2 is 0.897 bits per heavy atom. The first-order chi connectivity index (χ1) is 13.9. The molecule has 0 bridgehead atoms. The quantitative estimate of drug-likeness (QED) is 0.332. The summed E-state index contributed by atoms with van der Waals surface area (Å²) in [5, 5.41) is 0. The number of hydrogen-bond acceptors (Lipinski definition) is 7. The van der Waals surface area contributed by atoms with Gasteiger partial charge in [0.15, 0.2) is 0 Å². The van der Waals surface area contributed by atoms with Crippen molar-refractivity contribution in [3.8, 4) is 0 Å². The summed E-state index contributed by atoms with van der Waals surface area (Å²) in [7, 11) is -5.93. The Bertz CT molecular complexity index is 401. The summed E-state index contributed by atoms with van der Waals surface area (Å²) in [5.74, 6) is 0. The predicted molar refractivity (Wildman–Crippen MR) is 114 cm³/mol. The van der Waals surface area contributed by atoms with E-state index in [1.807, 2.05) is 41.5 Å². The molecule has 0 radical (unpaired) electrons. The van der Waals surface area contributed by atoms with Crippen molar-refractivity contribution in [3.05, 3.63) is 0 Å². The number of rotatable bonds is 16. The van der Waals surface area contributed by atoms with Gasteiger partial charge in [0.25, 0.3) is 0 Å². The van der Waals surface area contributed by atoms with Crippen LogP contribution in [-0.2, 0) is 26.6 Å². The number of urea groups is 1. The predicted octanol–water partition coefficient (Wildman–Crippen LogP) is 2.29. The third-order valence-corrected chi connectivity index (χ3v) is 10.3. The Morgan fingerprint density at radius 3 is 1.14 bits per heavy atom. The molecule has 172 valence electrons. The average molecular weight is 453 g/mol. The molecule has 0 aromatic heterocycles. The van der Waals surface area contributed by atoms with Crippen LogP contribution in [0, 0.1) is 0 Å². The molecule has 0 N–H and O–H groups in total. The fraction of sp³-hybridized carbons (Fsp3) is 0.944. The van der Waals surface area contributed by atoms with Gasteiger partial charge in [-0.25, -0.2) is 4.79 Å². The summed E-state index contributed by atoms with van der Waals surface area (Å²) in [6.07, 6.45) is 1.52. The Kier molecular flexibility index (Phi) is 12.5. The molecule has 29 heavy (non-hydrogen) atoms. The third kappa shape index (κ3) is 7.90. The molecule has 1 aliphatic rings. The minimum absolute atomic E-state index is 0.0804. The van der Waals surface area contributed by atoms with Crippen LogP contribution in [-0.4, -0.2) is 98.5 Å². The van der Waals surface area contributed by atoms with Crippen molar-refractivity contribution in [1.82, 2.24) is 9.80 Å². The first-order valence-corrected chi connectivity index (χ1v) is 14.7. The van der Waals surface area contributed by atoms with Crippen molar-refractivity contribution >= 4 is 23.6 Å². The lowest BCUT2D eigenvalue weighted by Gasteiger charge is -2.41. The Balaban J connectivity index is 2.97. The zero-order chi connectivity index (χ0) is 21.8. The standard InChI is InChI=1S/C18H40N2O7Si2/c1-7-22-28(23-8-2,24-9-3)16-19-14-13-15-20(18(19)21)17-29(25-10-4,26-11-5)27-12-6/h7-17H2,1-6H3. The highest BCUT2D eigenvalue weighted by Crippen LogP contribution is 2.20. The van der Waals surface area contributed by atoms with Crippen molar-refractivity contribution in [2.45, 2.75) is 48.0 Å². The minimum Gasteiger partial charge on any atom is -0.373 e. The molecule has 0 spiro atoms. The van der Waals surface area contributed by atoms with Gasteiger partial charge < -0.3 is 36.4 Å². The van der Waals surface area contributed by atoms with Crippen LogP contribution < -0.4 is 0 Å². The number of carbonyl (C=O) groups is 1. The second kappa shape index (κ2) is 13.7. The van der Waals surface area contributed by atoms with Crippen LogP contribution in [0.4, 0.5) is 4.79 Å². The Labute approximate surface area is 178 Å². The molecular weight excluding hydrogens is 412 g/mol. The van der Waals surface area contributed by atoms with Gasteiger partial charge in [-0.3, -0.25) is 0 Å². The van der Waals surface area contributed by atoms with Crippen molar-refractivity contribution in [3.63, 3.8) is 0 Å². The van der Waals surface area contributed by atoms with Gasteiger partial charge in [0.05, 0.1) is 12.3 Å². The van der Waals surface area contributed by atoms with E-state index in [0.29, 0.717) is 65.1 Å². The highest BCUT2D eigenvalue weighted by Gasteiger charge is 2.48. The molecule has 0 aliphatic carbocycles. The SMILES string of the molecule is CCO[Si](CN1CCCN(C[Si](OCC)(OCC)OCC)C1=O)(OCC)OCC. The van der Waals surface area contributed by atoms with E-state index in [1.54, 1.807) is 9.80 Å².